The quantitative estimate of drug-likeness (QED) is 0.330. The van der Waals surface area contributed by atoms with Crippen LogP contribution in [0.2, 0.25) is 0 Å². The summed E-state index contributed by atoms with van der Waals surface area (Å²) in [4.78, 5) is 37.1. The van der Waals surface area contributed by atoms with Crippen LogP contribution in [-0.4, -0.2) is 26.9 Å². The minimum Gasteiger partial charge on any atom is -0.399 e. The van der Waals surface area contributed by atoms with E-state index in [1.54, 1.807) is 6.07 Å². The molecule has 1 heterocycles. The number of aromatic nitrogens is 1. The van der Waals surface area contributed by atoms with Gasteiger partial charge in [-0.3, -0.25) is 4.57 Å². The van der Waals surface area contributed by atoms with E-state index in [1.807, 2.05) is 0 Å². The third kappa shape index (κ3) is 7.40. The predicted octanol–water partition coefficient (Wildman–Crippen LogP) is 0.882. The molecular weight excluding hydrogens is 273 g/mol. The molecule has 0 atom stereocenters. The van der Waals surface area contributed by atoms with Crippen LogP contribution in [0.1, 0.15) is 19.3 Å². The third-order valence-corrected chi connectivity index (χ3v) is 3.03. The fraction of sp³-hybridized carbons (Fsp3) is 0.400. The molecule has 5 N–H and O–H groups in total. The molecule has 0 fully saturated rings. The second kappa shape index (κ2) is 7.08. The number of pyridine rings is 1. The lowest BCUT2D eigenvalue weighted by Gasteiger charge is -2.06. The second-order valence-electron chi connectivity index (χ2n) is 3.90. The predicted molar refractivity (Wildman–Crippen MR) is 69.1 cm³/mol. The van der Waals surface area contributed by atoms with Crippen molar-refractivity contribution < 1.29 is 24.0 Å². The van der Waals surface area contributed by atoms with Gasteiger partial charge in [-0.05, 0) is 18.9 Å². The summed E-state index contributed by atoms with van der Waals surface area (Å²) in [5, 5.41) is 0. The Bertz CT molecular complexity index is 476. The number of unbranched alkanes of at least 4 members (excludes halogenated alkanes) is 1. The highest BCUT2D eigenvalue weighted by atomic mass is 31.2. The molecule has 0 unspecified atom stereocenters. The van der Waals surface area contributed by atoms with Crippen molar-refractivity contribution in [2.24, 2.45) is 0 Å². The van der Waals surface area contributed by atoms with Crippen LogP contribution in [0.15, 0.2) is 18.3 Å². The van der Waals surface area contributed by atoms with Crippen molar-refractivity contribution in [3.8, 4) is 0 Å². The van der Waals surface area contributed by atoms with Crippen LogP contribution in [0.3, 0.4) is 0 Å². The maximum absolute atomic E-state index is 11.3. The van der Waals surface area contributed by atoms with Gasteiger partial charge in [0, 0.05) is 30.5 Å². The normalized spacial score (nSPS) is 11.1. The fourth-order valence-corrected chi connectivity index (χ4v) is 1.89. The average Bonchev–Trinajstić information content (AvgIpc) is 2.31. The molecule has 0 spiro atoms. The van der Waals surface area contributed by atoms with E-state index in [0.717, 1.165) is 0 Å². The van der Waals surface area contributed by atoms with Gasteiger partial charge < -0.3 is 20.4 Å². The van der Waals surface area contributed by atoms with Crippen LogP contribution in [0, 0.1) is 0 Å². The van der Waals surface area contributed by atoms with Crippen molar-refractivity contribution in [3.05, 3.63) is 18.3 Å². The number of anilines is 2. The van der Waals surface area contributed by atoms with Gasteiger partial charge in [0.05, 0.1) is 0 Å². The highest BCUT2D eigenvalue weighted by molar-refractivity contribution is 7.51. The molecule has 9 heteroatoms. The largest absolute Gasteiger partial charge is 0.399 e. The number of carbonyl (C=O) groups excluding carboxylic acids is 1. The van der Waals surface area contributed by atoms with E-state index >= 15 is 0 Å². The van der Waals surface area contributed by atoms with Crippen molar-refractivity contribution in [1.29, 1.82) is 0 Å². The van der Waals surface area contributed by atoms with E-state index in [9.17, 15) is 9.36 Å². The molecule has 19 heavy (non-hydrogen) atoms. The second-order valence-corrected chi connectivity index (χ2v) is 5.67. The minimum atomic E-state index is -3.99. The van der Waals surface area contributed by atoms with Gasteiger partial charge in [-0.2, -0.15) is 0 Å². The molecule has 0 aliphatic carbocycles. The molecule has 1 rings (SSSR count). The van der Waals surface area contributed by atoms with Gasteiger partial charge in [-0.25, -0.2) is 15.3 Å². The maximum Gasteiger partial charge on any atom is 0.332 e. The Balaban J connectivity index is 2.20. The number of nitrogen functional groups attached to an aromatic ring is 1. The molecule has 0 aromatic carbocycles. The molecule has 0 saturated carbocycles. The van der Waals surface area contributed by atoms with E-state index in [4.69, 9.17) is 20.4 Å². The van der Waals surface area contributed by atoms with Gasteiger partial charge in [0.25, 0.3) is 0 Å². The van der Waals surface area contributed by atoms with Crippen LogP contribution in [0.5, 0.6) is 0 Å². The summed E-state index contributed by atoms with van der Waals surface area (Å²) in [6, 6.07) is 3.09. The van der Waals surface area contributed by atoms with Gasteiger partial charge in [-0.15, -0.1) is 0 Å². The van der Waals surface area contributed by atoms with Crippen molar-refractivity contribution >= 4 is 25.1 Å². The van der Waals surface area contributed by atoms with Crippen LogP contribution in [0.25, 0.3) is 0 Å². The zero-order valence-corrected chi connectivity index (χ0v) is 11.0. The Kier molecular flexibility index (Phi) is 5.75. The summed E-state index contributed by atoms with van der Waals surface area (Å²) in [5.41, 5.74) is 8.34. The molecule has 1 aromatic heterocycles. The zero-order chi connectivity index (χ0) is 14.3. The van der Waals surface area contributed by atoms with E-state index in [0.29, 0.717) is 17.9 Å². The van der Waals surface area contributed by atoms with Crippen LogP contribution >= 0.6 is 7.60 Å². The van der Waals surface area contributed by atoms with Crippen molar-refractivity contribution in [3.63, 3.8) is 0 Å². The van der Waals surface area contributed by atoms with E-state index in [1.165, 1.54) is 12.3 Å². The van der Waals surface area contributed by atoms with Gasteiger partial charge in [0.2, 0.25) is 0 Å². The molecule has 0 aliphatic rings. The van der Waals surface area contributed by atoms with Gasteiger partial charge >= 0.3 is 13.6 Å². The molecule has 8 nitrogen and oxygen atoms in total. The number of nitrogens with two attached hydrogens (primary N) is 1. The number of hydrogen-bond acceptors (Lipinski definition) is 6. The first kappa shape index (κ1) is 15.4. The third-order valence-electron chi connectivity index (χ3n) is 2.13. The Labute approximate surface area is 110 Å². The van der Waals surface area contributed by atoms with Crippen molar-refractivity contribution in [1.82, 2.24) is 4.98 Å². The first-order valence-electron chi connectivity index (χ1n) is 5.58. The minimum absolute atomic E-state index is 0.0648. The molecule has 0 bridgehead atoms. The van der Waals surface area contributed by atoms with E-state index < -0.39 is 13.6 Å². The van der Waals surface area contributed by atoms with Gasteiger partial charge in [0.15, 0.2) is 5.82 Å². The Morgan fingerprint density at radius 1 is 1.47 bits per heavy atom. The van der Waals surface area contributed by atoms with Crippen molar-refractivity contribution in [2.45, 2.75) is 19.3 Å². The smallest absolute Gasteiger partial charge is 0.332 e. The lowest BCUT2D eigenvalue weighted by molar-refractivity contribution is -0.140. The first-order chi connectivity index (χ1) is 8.87. The molecular formula is C10H16N3O5P. The number of nitrogens with zero attached hydrogens (tertiary/aromatic N) is 1. The fourth-order valence-electron chi connectivity index (χ4n) is 1.25. The van der Waals surface area contributed by atoms with Crippen LogP contribution < -0.4 is 11.2 Å². The highest BCUT2D eigenvalue weighted by Gasteiger charge is 2.12. The molecule has 0 amide bonds. The Morgan fingerprint density at radius 2 is 2.21 bits per heavy atom. The Morgan fingerprint density at radius 3 is 2.84 bits per heavy atom. The van der Waals surface area contributed by atoms with Gasteiger partial charge in [0.1, 0.15) is 0 Å². The lowest BCUT2D eigenvalue weighted by Crippen LogP contribution is -2.11. The monoisotopic (exact) mass is 289 g/mol. The number of rotatable bonds is 7. The summed E-state index contributed by atoms with van der Waals surface area (Å²) in [7, 11) is -3.99. The molecule has 0 radical (unpaired) electrons. The van der Waals surface area contributed by atoms with Crippen LogP contribution in [-0.2, 0) is 14.2 Å². The van der Waals surface area contributed by atoms with E-state index in [2.05, 4.69) is 10.5 Å². The molecule has 0 aliphatic heterocycles. The highest BCUT2D eigenvalue weighted by Crippen LogP contribution is 2.35. The standard InChI is InChI=1S/C10H16N3O5P/c11-8-4-5-12-9(7-8)13-18-10(14)3-1-2-6-19(15,16)17/h4-5,7H,1-3,6H2,(H3,11,12,13)(H2,15,16,17). The summed E-state index contributed by atoms with van der Waals surface area (Å²) in [6.07, 6.45) is 1.90. The summed E-state index contributed by atoms with van der Waals surface area (Å²) >= 11 is 0. The maximum atomic E-state index is 11.3. The summed E-state index contributed by atoms with van der Waals surface area (Å²) in [6.45, 7) is 0. The Hall–Kier alpha value is -1.63. The molecule has 1 aromatic rings. The summed E-state index contributed by atoms with van der Waals surface area (Å²) < 4.78 is 10.6. The van der Waals surface area contributed by atoms with E-state index in [-0.39, 0.29) is 19.0 Å². The van der Waals surface area contributed by atoms with Gasteiger partial charge in [-0.1, -0.05) is 0 Å². The first-order valence-corrected chi connectivity index (χ1v) is 7.38. The number of nitrogens with one attached hydrogen (secondary N) is 1. The SMILES string of the molecule is Nc1ccnc(NOC(=O)CCCCP(=O)(O)O)c1. The number of hydrogen-bond donors (Lipinski definition) is 4. The number of carbonyl (C=O) groups is 1. The van der Waals surface area contributed by atoms with Crippen LogP contribution in [0.4, 0.5) is 11.5 Å². The molecule has 0 saturated heterocycles. The molecule has 106 valence electrons. The zero-order valence-electron chi connectivity index (χ0n) is 10.2. The van der Waals surface area contributed by atoms with Crippen molar-refractivity contribution in [2.75, 3.05) is 17.4 Å². The summed E-state index contributed by atoms with van der Waals surface area (Å²) in [5.74, 6) is -0.224. The lowest BCUT2D eigenvalue weighted by atomic mass is 10.2. The average molecular weight is 289 g/mol. The topological polar surface area (TPSA) is 135 Å².